The van der Waals surface area contributed by atoms with Crippen molar-refractivity contribution in [3.05, 3.63) is 35.6 Å². The largest absolute Gasteiger partial charge is 0.448 e. The average Bonchev–Trinajstić information content (AvgIpc) is 3.01. The summed E-state index contributed by atoms with van der Waals surface area (Å²) in [6.07, 6.45) is 5.76. The number of rotatable bonds is 7. The molecule has 0 saturated heterocycles. The molecule has 0 heterocycles. The van der Waals surface area contributed by atoms with E-state index in [4.69, 9.17) is 9.73 Å². The number of allylic oxidation sites excluding steroid dienone is 1. The Morgan fingerprint density at radius 1 is 1.19 bits per heavy atom. The summed E-state index contributed by atoms with van der Waals surface area (Å²) in [4.78, 5) is 7.26. The number of hydrogen-bond donors (Lipinski definition) is 0. The van der Waals surface area contributed by atoms with Gasteiger partial charge in [-0.2, -0.15) is 0 Å². The summed E-state index contributed by atoms with van der Waals surface area (Å²) in [5.41, 5.74) is 2.43. The molecule has 0 spiro atoms. The van der Waals surface area contributed by atoms with Crippen molar-refractivity contribution in [2.75, 3.05) is 18.0 Å². The van der Waals surface area contributed by atoms with Gasteiger partial charge in [-0.3, -0.25) is 4.99 Å². The van der Waals surface area contributed by atoms with Crippen LogP contribution in [0.4, 0.5) is 5.69 Å². The molecular formula is C23H36N2O. The molecule has 0 aromatic heterocycles. The van der Waals surface area contributed by atoms with E-state index >= 15 is 0 Å². The predicted molar refractivity (Wildman–Crippen MR) is 114 cm³/mol. The Balaban J connectivity index is 2.06. The third kappa shape index (κ3) is 5.89. The van der Waals surface area contributed by atoms with Gasteiger partial charge < -0.3 is 9.64 Å². The second kappa shape index (κ2) is 9.80. The Labute approximate surface area is 160 Å². The van der Waals surface area contributed by atoms with E-state index < -0.39 is 0 Å². The molecule has 0 bridgehead atoms. The van der Waals surface area contributed by atoms with E-state index in [0.717, 1.165) is 36.2 Å². The van der Waals surface area contributed by atoms with Crippen LogP contribution in [0.5, 0.6) is 0 Å². The second-order valence-corrected chi connectivity index (χ2v) is 7.81. The summed E-state index contributed by atoms with van der Waals surface area (Å²) in [6, 6.07) is 9.12. The van der Waals surface area contributed by atoms with Crippen LogP contribution < -0.4 is 4.90 Å². The summed E-state index contributed by atoms with van der Waals surface area (Å²) >= 11 is 0. The molecule has 0 amide bonds. The molecule has 1 fully saturated rings. The molecule has 2 unspecified atom stereocenters. The van der Waals surface area contributed by atoms with E-state index in [-0.39, 0.29) is 0 Å². The van der Waals surface area contributed by atoms with E-state index in [1.807, 2.05) is 6.92 Å². The molecule has 144 valence electrons. The minimum Gasteiger partial charge on any atom is -0.448 e. The van der Waals surface area contributed by atoms with Crippen LogP contribution in [0.1, 0.15) is 66.4 Å². The third-order valence-electron chi connectivity index (χ3n) is 5.13. The lowest BCUT2D eigenvalue weighted by Crippen LogP contribution is -2.21. The van der Waals surface area contributed by atoms with Gasteiger partial charge in [0.25, 0.3) is 0 Å². The topological polar surface area (TPSA) is 24.8 Å². The van der Waals surface area contributed by atoms with Crippen molar-refractivity contribution < 1.29 is 4.74 Å². The second-order valence-electron chi connectivity index (χ2n) is 7.81. The zero-order valence-corrected chi connectivity index (χ0v) is 17.5. The third-order valence-corrected chi connectivity index (χ3v) is 5.13. The van der Waals surface area contributed by atoms with Crippen molar-refractivity contribution >= 4 is 17.7 Å². The van der Waals surface area contributed by atoms with Gasteiger partial charge in [-0.05, 0) is 69.7 Å². The van der Waals surface area contributed by atoms with Crippen LogP contribution in [0.15, 0.2) is 35.0 Å². The van der Waals surface area contributed by atoms with Crippen LogP contribution in [-0.2, 0) is 4.74 Å². The first-order chi connectivity index (χ1) is 12.4. The summed E-state index contributed by atoms with van der Waals surface area (Å²) in [5.74, 6) is 2.87. The summed E-state index contributed by atoms with van der Waals surface area (Å²) in [6.45, 7) is 15.1. The monoisotopic (exact) mass is 356 g/mol. The minimum atomic E-state index is 0.305. The normalized spacial score (nSPS) is 21.3. The average molecular weight is 357 g/mol. The van der Waals surface area contributed by atoms with Crippen LogP contribution in [-0.4, -0.2) is 25.0 Å². The van der Waals surface area contributed by atoms with E-state index in [0.29, 0.717) is 12.0 Å². The lowest BCUT2D eigenvalue weighted by Gasteiger charge is -2.21. The number of aliphatic imine (C=N–C) groups is 1. The Kier molecular flexibility index (Phi) is 7.74. The molecule has 1 aromatic rings. The molecule has 1 saturated carbocycles. The van der Waals surface area contributed by atoms with E-state index in [1.165, 1.54) is 24.9 Å². The van der Waals surface area contributed by atoms with Crippen LogP contribution in [0.2, 0.25) is 0 Å². The van der Waals surface area contributed by atoms with E-state index in [2.05, 4.69) is 69.9 Å². The SMILES string of the molecule is CCN(CC)c1ccc(/C=C(\C)OC(=NC2CCC(C)C2)C(C)C)cc1. The number of nitrogens with zero attached hydrogens (tertiary/aromatic N) is 2. The van der Waals surface area contributed by atoms with Crippen molar-refractivity contribution in [2.45, 2.75) is 66.8 Å². The van der Waals surface area contributed by atoms with Crippen molar-refractivity contribution in [3.8, 4) is 0 Å². The lowest BCUT2D eigenvalue weighted by molar-refractivity contribution is 0.385. The molecule has 1 aliphatic rings. The maximum Gasteiger partial charge on any atom is 0.192 e. The molecule has 0 N–H and O–H groups in total. The van der Waals surface area contributed by atoms with Gasteiger partial charge in [-0.15, -0.1) is 0 Å². The molecular weight excluding hydrogens is 320 g/mol. The maximum atomic E-state index is 6.13. The fourth-order valence-corrected chi connectivity index (χ4v) is 3.57. The highest BCUT2D eigenvalue weighted by Crippen LogP contribution is 2.28. The Morgan fingerprint density at radius 2 is 1.85 bits per heavy atom. The number of hydrogen-bond acceptors (Lipinski definition) is 3. The minimum absolute atomic E-state index is 0.305. The highest BCUT2D eigenvalue weighted by molar-refractivity contribution is 5.80. The highest BCUT2D eigenvalue weighted by Gasteiger charge is 2.22. The van der Waals surface area contributed by atoms with Gasteiger partial charge in [0.05, 0.1) is 6.04 Å². The predicted octanol–water partition coefficient (Wildman–Crippen LogP) is 6.15. The lowest BCUT2D eigenvalue weighted by atomic mass is 10.1. The molecule has 2 atom stereocenters. The van der Waals surface area contributed by atoms with Crippen molar-refractivity contribution in [1.29, 1.82) is 0 Å². The van der Waals surface area contributed by atoms with Gasteiger partial charge in [-0.1, -0.05) is 32.9 Å². The Hall–Kier alpha value is -1.77. The number of anilines is 1. The quantitative estimate of drug-likeness (QED) is 0.332. The Morgan fingerprint density at radius 3 is 2.35 bits per heavy atom. The molecule has 1 aliphatic carbocycles. The molecule has 3 heteroatoms. The molecule has 0 aliphatic heterocycles. The fourth-order valence-electron chi connectivity index (χ4n) is 3.57. The van der Waals surface area contributed by atoms with E-state index in [9.17, 15) is 0 Å². The van der Waals surface area contributed by atoms with Gasteiger partial charge in [0.2, 0.25) is 0 Å². The Bertz CT molecular complexity index is 612. The van der Waals surface area contributed by atoms with Gasteiger partial charge in [0.15, 0.2) is 5.90 Å². The van der Waals surface area contributed by atoms with Crippen LogP contribution in [0, 0.1) is 11.8 Å². The van der Waals surface area contributed by atoms with Crippen LogP contribution in [0.3, 0.4) is 0 Å². The molecule has 1 aromatic carbocycles. The van der Waals surface area contributed by atoms with Gasteiger partial charge in [0.1, 0.15) is 5.76 Å². The first kappa shape index (κ1) is 20.5. The standard InChI is InChI=1S/C23H36N2O/c1-7-25(8-2)22-13-10-20(11-14-22)16-19(6)26-23(17(3)4)24-21-12-9-18(5)15-21/h10-11,13-14,16-18,21H,7-9,12,15H2,1-6H3/b19-16+,24-23?. The smallest absolute Gasteiger partial charge is 0.192 e. The molecule has 0 radical (unpaired) electrons. The van der Waals surface area contributed by atoms with Crippen molar-refractivity contribution in [2.24, 2.45) is 16.8 Å². The first-order valence-corrected chi connectivity index (χ1v) is 10.2. The highest BCUT2D eigenvalue weighted by atomic mass is 16.5. The van der Waals surface area contributed by atoms with E-state index in [1.54, 1.807) is 0 Å². The molecule has 2 rings (SSSR count). The maximum absolute atomic E-state index is 6.13. The van der Waals surface area contributed by atoms with Crippen molar-refractivity contribution in [1.82, 2.24) is 0 Å². The summed E-state index contributed by atoms with van der Waals surface area (Å²) in [7, 11) is 0. The zero-order chi connectivity index (χ0) is 19.1. The van der Waals surface area contributed by atoms with Crippen LogP contribution >= 0.6 is 0 Å². The molecule has 3 nitrogen and oxygen atoms in total. The first-order valence-electron chi connectivity index (χ1n) is 10.2. The van der Waals surface area contributed by atoms with Gasteiger partial charge >= 0.3 is 0 Å². The summed E-state index contributed by atoms with van der Waals surface area (Å²) < 4.78 is 6.13. The molecule has 26 heavy (non-hydrogen) atoms. The van der Waals surface area contributed by atoms with Gasteiger partial charge in [-0.25, -0.2) is 0 Å². The van der Waals surface area contributed by atoms with Crippen LogP contribution in [0.25, 0.3) is 6.08 Å². The number of benzene rings is 1. The zero-order valence-electron chi connectivity index (χ0n) is 17.5. The van der Waals surface area contributed by atoms with Gasteiger partial charge in [0, 0.05) is 24.7 Å². The summed E-state index contributed by atoms with van der Waals surface area (Å²) in [5, 5.41) is 0. The fraction of sp³-hybridized carbons (Fsp3) is 0.609. The number of ether oxygens (including phenoxy) is 1. The van der Waals surface area contributed by atoms with Crippen molar-refractivity contribution in [3.63, 3.8) is 0 Å².